The number of halogens is 4. The van der Waals surface area contributed by atoms with E-state index in [1.165, 1.54) is 50.6 Å². The van der Waals surface area contributed by atoms with Gasteiger partial charge in [-0.25, -0.2) is 9.78 Å². The molecule has 0 bridgehead atoms. The van der Waals surface area contributed by atoms with E-state index < -0.39 is 43.1 Å². The largest absolute Gasteiger partial charge is 0.573 e. The molecule has 0 unspecified atom stereocenters. The first-order valence-electron chi connectivity index (χ1n) is 14.8. The summed E-state index contributed by atoms with van der Waals surface area (Å²) in [5.41, 5.74) is 1.40. The van der Waals surface area contributed by atoms with Gasteiger partial charge in [0, 0.05) is 30.1 Å². The maximum atomic E-state index is 13.4. The maximum Gasteiger partial charge on any atom is 0.573 e. The summed E-state index contributed by atoms with van der Waals surface area (Å²) in [4.78, 5) is 42.1. The minimum atomic E-state index is -4.82. The SMILES string of the molecule is COc1ccnc(C(=O)N[C@H]2COC[C@H](Cc3ccc(Cl)cc3)[C@@H](Cc3ccc(OC(F)(F)F)cc3)[C@H](C)OC2=O)c1OCOC(C)=O. The van der Waals surface area contributed by atoms with Crippen molar-refractivity contribution in [3.05, 3.63) is 82.6 Å². The van der Waals surface area contributed by atoms with E-state index in [-0.39, 0.29) is 48.0 Å². The molecule has 1 aliphatic rings. The Balaban J connectivity index is 1.55. The predicted molar refractivity (Wildman–Crippen MR) is 165 cm³/mol. The number of ether oxygens (including phenoxy) is 6. The highest BCUT2D eigenvalue weighted by Crippen LogP contribution is 2.32. The number of hydrogen-bond donors (Lipinski definition) is 1. The fraction of sp³-hybridized carbons (Fsp3) is 0.394. The number of amides is 1. The maximum absolute atomic E-state index is 13.4. The molecule has 1 aromatic heterocycles. The van der Waals surface area contributed by atoms with Crippen LogP contribution in [-0.4, -0.2) is 68.5 Å². The van der Waals surface area contributed by atoms with E-state index in [1.54, 1.807) is 19.1 Å². The van der Waals surface area contributed by atoms with Crippen LogP contribution < -0.4 is 19.5 Å². The average molecular weight is 695 g/mol. The monoisotopic (exact) mass is 694 g/mol. The quantitative estimate of drug-likeness (QED) is 0.208. The number of nitrogens with zero attached hydrogens (tertiary/aromatic N) is 1. The topological polar surface area (TPSA) is 132 Å². The Morgan fingerprint density at radius 2 is 1.69 bits per heavy atom. The van der Waals surface area contributed by atoms with Crippen molar-refractivity contribution < 1.29 is 56.0 Å². The second-order valence-electron chi connectivity index (χ2n) is 10.9. The van der Waals surface area contributed by atoms with Crippen LogP contribution in [0.2, 0.25) is 5.02 Å². The van der Waals surface area contributed by atoms with E-state index in [0.29, 0.717) is 23.4 Å². The second kappa shape index (κ2) is 16.5. The molecule has 0 aliphatic carbocycles. The first-order valence-corrected chi connectivity index (χ1v) is 15.2. The van der Waals surface area contributed by atoms with Gasteiger partial charge in [0.25, 0.3) is 5.91 Å². The zero-order valence-electron chi connectivity index (χ0n) is 26.3. The van der Waals surface area contributed by atoms with Crippen molar-refractivity contribution in [2.45, 2.75) is 45.2 Å². The van der Waals surface area contributed by atoms with Crippen LogP contribution in [0.15, 0.2) is 60.8 Å². The minimum Gasteiger partial charge on any atom is -0.493 e. The van der Waals surface area contributed by atoms with E-state index in [4.69, 9.17) is 35.3 Å². The van der Waals surface area contributed by atoms with Crippen molar-refractivity contribution >= 4 is 29.4 Å². The molecule has 1 amide bonds. The summed E-state index contributed by atoms with van der Waals surface area (Å²) in [7, 11) is 1.35. The molecule has 1 saturated heterocycles. The normalized spacial score (nSPS) is 19.9. The van der Waals surface area contributed by atoms with Crippen LogP contribution in [0.3, 0.4) is 0 Å². The second-order valence-corrected chi connectivity index (χ2v) is 11.4. The summed E-state index contributed by atoms with van der Waals surface area (Å²) in [6.07, 6.45) is -3.39. The van der Waals surface area contributed by atoms with E-state index in [9.17, 15) is 27.6 Å². The number of nitrogens with one attached hydrogen (secondary N) is 1. The van der Waals surface area contributed by atoms with Gasteiger partial charge in [0.05, 0.1) is 20.3 Å². The van der Waals surface area contributed by atoms with Gasteiger partial charge in [-0.2, -0.15) is 0 Å². The van der Waals surface area contributed by atoms with E-state index in [2.05, 4.69) is 15.0 Å². The summed E-state index contributed by atoms with van der Waals surface area (Å²) in [6.45, 7) is 2.31. The highest BCUT2D eigenvalue weighted by molar-refractivity contribution is 6.30. The number of aromatic nitrogens is 1. The number of alkyl halides is 3. The molecule has 1 aliphatic heterocycles. The van der Waals surface area contributed by atoms with Gasteiger partial charge >= 0.3 is 18.3 Å². The lowest BCUT2D eigenvalue weighted by Crippen LogP contribution is -2.46. The Morgan fingerprint density at radius 3 is 2.33 bits per heavy atom. The summed E-state index contributed by atoms with van der Waals surface area (Å²) < 4.78 is 69.5. The molecular formula is C33H34ClF3N2O9. The summed E-state index contributed by atoms with van der Waals surface area (Å²) in [5.74, 6) is -3.10. The van der Waals surface area contributed by atoms with Gasteiger partial charge in [0.2, 0.25) is 6.79 Å². The molecule has 11 nitrogen and oxygen atoms in total. The lowest BCUT2D eigenvalue weighted by molar-refractivity contribution is -0.274. The van der Waals surface area contributed by atoms with Crippen LogP contribution in [0.4, 0.5) is 13.2 Å². The Hall–Kier alpha value is -4.56. The number of cyclic esters (lactones) is 1. The third-order valence-corrected chi connectivity index (χ3v) is 7.78. The van der Waals surface area contributed by atoms with Crippen molar-refractivity contribution in [1.29, 1.82) is 0 Å². The van der Waals surface area contributed by atoms with Gasteiger partial charge in [-0.1, -0.05) is 35.9 Å². The molecule has 2 heterocycles. The van der Waals surface area contributed by atoms with E-state index in [1.807, 2.05) is 12.1 Å². The smallest absolute Gasteiger partial charge is 0.493 e. The van der Waals surface area contributed by atoms with Gasteiger partial charge in [-0.15, -0.1) is 13.2 Å². The Kier molecular flexibility index (Phi) is 12.5. The van der Waals surface area contributed by atoms with Gasteiger partial charge in [0.15, 0.2) is 23.2 Å². The van der Waals surface area contributed by atoms with Gasteiger partial charge in [-0.3, -0.25) is 9.59 Å². The minimum absolute atomic E-state index is 0.112. The van der Waals surface area contributed by atoms with Crippen molar-refractivity contribution in [3.8, 4) is 17.2 Å². The number of methoxy groups -OCH3 is 1. The lowest BCUT2D eigenvalue weighted by Gasteiger charge is -2.31. The van der Waals surface area contributed by atoms with Crippen LogP contribution in [0, 0.1) is 11.8 Å². The molecule has 1 N–H and O–H groups in total. The standard InChI is InChI=1S/C33H34ClF3N2O9/c1-19-26(15-22-6-10-25(11-7-22)48-33(35,36)37)23(14-21-4-8-24(34)9-5-21)16-44-17-27(32(42)47-19)39-31(41)29-30(46-18-45-20(2)40)28(43-3)12-13-38-29/h4-13,19,23,26-27H,14-18H2,1-3H3,(H,39,41)/t19-,23-,26-,27-/m0/s1. The van der Waals surface area contributed by atoms with Crippen molar-refractivity contribution in [1.82, 2.24) is 10.3 Å². The highest BCUT2D eigenvalue weighted by Gasteiger charge is 2.36. The molecule has 258 valence electrons. The predicted octanol–water partition coefficient (Wildman–Crippen LogP) is 5.32. The molecule has 0 spiro atoms. The highest BCUT2D eigenvalue weighted by atomic mass is 35.5. The van der Waals surface area contributed by atoms with Crippen LogP contribution in [-0.2, 0) is 36.6 Å². The zero-order chi connectivity index (χ0) is 34.8. The molecule has 0 saturated carbocycles. The van der Waals surface area contributed by atoms with Crippen LogP contribution in [0.1, 0.15) is 35.5 Å². The third kappa shape index (κ3) is 10.5. The fourth-order valence-corrected chi connectivity index (χ4v) is 5.35. The summed E-state index contributed by atoms with van der Waals surface area (Å²) >= 11 is 6.08. The Morgan fingerprint density at radius 1 is 1.02 bits per heavy atom. The van der Waals surface area contributed by atoms with Crippen molar-refractivity contribution in [3.63, 3.8) is 0 Å². The lowest BCUT2D eigenvalue weighted by atomic mass is 9.80. The number of pyridine rings is 1. The first kappa shape index (κ1) is 36.3. The molecule has 15 heteroatoms. The molecule has 4 atom stereocenters. The average Bonchev–Trinajstić information content (AvgIpc) is 3.07. The zero-order valence-corrected chi connectivity index (χ0v) is 27.0. The van der Waals surface area contributed by atoms with Gasteiger partial charge in [-0.05, 0) is 61.1 Å². The molecule has 3 aromatic rings. The van der Waals surface area contributed by atoms with E-state index in [0.717, 1.165) is 5.56 Å². The summed E-state index contributed by atoms with van der Waals surface area (Å²) in [5, 5.41) is 3.15. The number of hydrogen-bond acceptors (Lipinski definition) is 10. The third-order valence-electron chi connectivity index (χ3n) is 7.53. The van der Waals surface area contributed by atoms with Gasteiger partial charge in [0.1, 0.15) is 11.9 Å². The number of carbonyl (C=O) groups is 3. The molecular weight excluding hydrogens is 661 g/mol. The number of carbonyl (C=O) groups excluding carboxylic acids is 3. The molecule has 1 fully saturated rings. The van der Waals surface area contributed by atoms with E-state index >= 15 is 0 Å². The van der Waals surface area contributed by atoms with Crippen molar-refractivity contribution in [2.75, 3.05) is 27.1 Å². The van der Waals surface area contributed by atoms with Crippen LogP contribution in [0.5, 0.6) is 17.2 Å². The molecule has 4 rings (SSSR count). The molecule has 48 heavy (non-hydrogen) atoms. The molecule has 2 aromatic carbocycles. The first-order chi connectivity index (χ1) is 22.8. The van der Waals surface area contributed by atoms with Gasteiger partial charge < -0.3 is 33.7 Å². The number of benzene rings is 2. The number of esters is 2. The van der Waals surface area contributed by atoms with Crippen molar-refractivity contribution in [2.24, 2.45) is 11.8 Å². The Bertz CT molecular complexity index is 1560. The van der Waals surface area contributed by atoms with Crippen LogP contribution >= 0.6 is 11.6 Å². The number of rotatable bonds is 11. The molecule has 0 radical (unpaired) electrons. The van der Waals surface area contributed by atoms with Crippen LogP contribution in [0.25, 0.3) is 0 Å². The fourth-order valence-electron chi connectivity index (χ4n) is 5.22. The summed E-state index contributed by atoms with van der Waals surface area (Å²) in [6, 6.07) is 12.9. The Labute approximate surface area is 279 Å².